The van der Waals surface area contributed by atoms with Gasteiger partial charge in [0.2, 0.25) is 0 Å². The molecule has 0 aliphatic heterocycles. The highest BCUT2D eigenvalue weighted by atomic mass is 32.2. The lowest BCUT2D eigenvalue weighted by molar-refractivity contribution is -0.141. The molecule has 0 spiro atoms. The van der Waals surface area contributed by atoms with Gasteiger partial charge in [0, 0.05) is 12.1 Å². The van der Waals surface area contributed by atoms with Crippen molar-refractivity contribution in [3.8, 4) is 0 Å². The molecular weight excluding hydrogens is 440 g/mol. The minimum atomic E-state index is -2.41. The third-order valence-corrected chi connectivity index (χ3v) is 7.64. The third kappa shape index (κ3) is 6.63. The third-order valence-electron chi connectivity index (χ3n) is 5.89. The number of aromatic nitrogens is 1. The van der Waals surface area contributed by atoms with E-state index in [0.717, 1.165) is 67.0 Å². The number of hydrogen-bond donors (Lipinski definition) is 2. The van der Waals surface area contributed by atoms with Crippen LogP contribution in [0, 0.1) is 0 Å². The molecule has 1 aromatic rings. The maximum absolute atomic E-state index is 13.3. The number of ether oxygens (including phenoxy) is 1. The number of esters is 1. The molecule has 0 saturated heterocycles. The molecule has 2 aliphatic rings. The second-order valence-corrected chi connectivity index (χ2v) is 9.91. The highest BCUT2D eigenvalue weighted by Gasteiger charge is 2.33. The number of carbonyl (C=O) groups excluding carboxylic acids is 2. The molecule has 1 atom stereocenters. The molecule has 11 heteroatoms. The number of carbonyl (C=O) groups is 2. The Morgan fingerprint density at radius 2 is 1.74 bits per heavy atom. The Labute approximate surface area is 190 Å². The maximum Gasteiger partial charge on any atom is 0.326 e. The lowest BCUT2D eigenvalue weighted by Crippen LogP contribution is -2.50. The molecule has 9 nitrogen and oxygen atoms in total. The van der Waals surface area contributed by atoms with Crippen LogP contribution >= 0.6 is 11.3 Å². The van der Waals surface area contributed by atoms with E-state index in [9.17, 15) is 18.4 Å². The van der Waals surface area contributed by atoms with Crippen LogP contribution in [0.3, 0.4) is 0 Å². The fraction of sp³-hybridized carbons (Fsp3) is 0.750. The van der Waals surface area contributed by atoms with Crippen LogP contribution < -0.4 is 9.62 Å². The average molecular weight is 473 g/mol. The first-order chi connectivity index (χ1) is 15.0. The van der Waals surface area contributed by atoms with E-state index < -0.39 is 17.2 Å². The van der Waals surface area contributed by atoms with Gasteiger partial charge in [0.15, 0.2) is 5.13 Å². The van der Waals surface area contributed by atoms with Crippen LogP contribution in [0.1, 0.15) is 71.1 Å². The largest absolute Gasteiger partial charge is 0.465 e. The van der Waals surface area contributed by atoms with Crippen molar-refractivity contribution in [1.29, 1.82) is 0 Å². The first-order valence-corrected chi connectivity index (χ1v) is 13.0. The van der Waals surface area contributed by atoms with Crippen molar-refractivity contribution in [2.24, 2.45) is 0 Å². The van der Waals surface area contributed by atoms with Gasteiger partial charge in [-0.1, -0.05) is 49.9 Å². The van der Waals surface area contributed by atoms with E-state index in [-0.39, 0.29) is 31.3 Å². The quantitative estimate of drug-likeness (QED) is 0.434. The van der Waals surface area contributed by atoms with Gasteiger partial charge in [-0.2, -0.15) is 0 Å². The summed E-state index contributed by atoms with van der Waals surface area (Å²) in [6.45, 7) is 1.48. The Hall–Kier alpha value is -1.72. The number of rotatable bonds is 8. The number of thiazole rings is 1. The second-order valence-electron chi connectivity index (χ2n) is 8.00. The van der Waals surface area contributed by atoms with Crippen molar-refractivity contribution in [2.45, 2.75) is 83.2 Å². The second kappa shape index (κ2) is 11.8. The molecule has 2 saturated carbocycles. The molecule has 2 aliphatic carbocycles. The predicted octanol–water partition coefficient (Wildman–Crippen LogP) is 4.15. The molecule has 0 radical (unpaired) electrons. The summed E-state index contributed by atoms with van der Waals surface area (Å²) in [6.07, 6.45) is 12.5. The van der Waals surface area contributed by atoms with Crippen molar-refractivity contribution in [1.82, 2.24) is 9.88 Å². The van der Waals surface area contributed by atoms with Gasteiger partial charge in [-0.05, 0) is 32.6 Å². The monoisotopic (exact) mass is 472 g/mol. The van der Waals surface area contributed by atoms with E-state index in [0.29, 0.717) is 10.1 Å². The van der Waals surface area contributed by atoms with E-state index in [1.165, 1.54) is 19.0 Å². The molecule has 1 unspecified atom stereocenters. The molecule has 0 bridgehead atoms. The first kappa shape index (κ1) is 23.9. The maximum atomic E-state index is 13.3. The van der Waals surface area contributed by atoms with E-state index in [1.54, 1.807) is 6.92 Å². The number of amides is 2. The minimum Gasteiger partial charge on any atom is -0.465 e. The topological polar surface area (TPSA) is 112 Å². The van der Waals surface area contributed by atoms with Gasteiger partial charge in [-0.25, -0.2) is 18.3 Å². The molecule has 2 N–H and O–H groups in total. The van der Waals surface area contributed by atoms with Gasteiger partial charge in [0.1, 0.15) is 11.5 Å². The number of anilines is 2. The zero-order valence-electron chi connectivity index (χ0n) is 18.0. The molecule has 2 fully saturated rings. The van der Waals surface area contributed by atoms with Gasteiger partial charge in [-0.15, -0.1) is 0 Å². The molecule has 0 aromatic carbocycles. The highest BCUT2D eigenvalue weighted by molar-refractivity contribution is 7.81. The van der Waals surface area contributed by atoms with Crippen molar-refractivity contribution in [3.05, 3.63) is 6.20 Å². The summed E-state index contributed by atoms with van der Waals surface area (Å²) in [7, 11) is 0. The van der Waals surface area contributed by atoms with Crippen LogP contribution in [0.15, 0.2) is 6.20 Å². The summed E-state index contributed by atoms with van der Waals surface area (Å²) in [4.78, 5) is 31.3. The number of nitrogens with zero attached hydrogens (tertiary/aromatic N) is 3. The molecule has 2 amide bonds. The number of hydrogen-bond acceptors (Lipinski definition) is 6. The smallest absolute Gasteiger partial charge is 0.326 e. The Bertz CT molecular complexity index is 745. The normalized spacial score (nSPS) is 18.9. The van der Waals surface area contributed by atoms with E-state index in [4.69, 9.17) is 4.74 Å². The van der Waals surface area contributed by atoms with Crippen LogP contribution in [0.5, 0.6) is 0 Å². The van der Waals surface area contributed by atoms with Gasteiger partial charge >= 0.3 is 12.0 Å². The van der Waals surface area contributed by atoms with E-state index in [2.05, 4.69) is 10.3 Å². The van der Waals surface area contributed by atoms with Gasteiger partial charge < -0.3 is 9.64 Å². The zero-order chi connectivity index (χ0) is 22.2. The lowest BCUT2D eigenvalue weighted by atomic mass is 9.89. The predicted molar refractivity (Wildman–Crippen MR) is 121 cm³/mol. The zero-order valence-corrected chi connectivity index (χ0v) is 19.6. The van der Waals surface area contributed by atoms with Gasteiger partial charge in [0.05, 0.1) is 12.8 Å². The summed E-state index contributed by atoms with van der Waals surface area (Å²) >= 11 is -1.35. The Morgan fingerprint density at radius 3 is 2.26 bits per heavy atom. The van der Waals surface area contributed by atoms with Crippen LogP contribution in [0.2, 0.25) is 0 Å². The molecule has 3 rings (SSSR count). The van der Waals surface area contributed by atoms with Crippen LogP contribution in [-0.2, 0) is 20.8 Å². The summed E-state index contributed by atoms with van der Waals surface area (Å²) in [6, 6.07) is 0.352. The van der Waals surface area contributed by atoms with E-state index >= 15 is 0 Å². The Kier molecular flexibility index (Phi) is 9.09. The fourth-order valence-electron chi connectivity index (χ4n) is 4.48. The number of urea groups is 1. The van der Waals surface area contributed by atoms with Crippen LogP contribution in [0.25, 0.3) is 0 Å². The SMILES string of the molecule is CCOC(=O)CN(c1cnc(NC(=O)N(C2CCCCC2)C2CCCCC2)s1)S(=O)O. The summed E-state index contributed by atoms with van der Waals surface area (Å²) in [5.41, 5.74) is 0. The summed E-state index contributed by atoms with van der Waals surface area (Å²) in [5, 5.41) is 3.55. The van der Waals surface area contributed by atoms with Gasteiger partial charge in [0.25, 0.3) is 11.3 Å². The minimum absolute atomic E-state index is 0.151. The van der Waals surface area contributed by atoms with Crippen LogP contribution in [-0.4, -0.2) is 55.9 Å². The average Bonchev–Trinajstić information content (AvgIpc) is 3.21. The van der Waals surface area contributed by atoms with Crippen molar-refractivity contribution in [3.63, 3.8) is 0 Å². The van der Waals surface area contributed by atoms with Crippen molar-refractivity contribution in [2.75, 3.05) is 22.8 Å². The molecule has 1 heterocycles. The van der Waals surface area contributed by atoms with Crippen molar-refractivity contribution < 1.29 is 23.1 Å². The highest BCUT2D eigenvalue weighted by Crippen LogP contribution is 2.32. The molecular formula is C20H32N4O5S2. The number of nitrogens with one attached hydrogen (secondary N) is 1. The lowest BCUT2D eigenvalue weighted by Gasteiger charge is -2.41. The Balaban J connectivity index is 1.70. The van der Waals surface area contributed by atoms with Crippen LogP contribution in [0.4, 0.5) is 14.9 Å². The first-order valence-electron chi connectivity index (χ1n) is 11.1. The van der Waals surface area contributed by atoms with Gasteiger partial charge in [-0.3, -0.25) is 14.7 Å². The molecule has 1 aromatic heterocycles. The summed E-state index contributed by atoms with van der Waals surface area (Å²) < 4.78 is 27.1. The standard InChI is InChI=1S/C20H32N4O5S2/c1-2-29-18(25)14-23(31(27)28)17-13-21-19(30-17)22-20(26)24(15-9-5-3-6-10-15)16-11-7-4-8-12-16/h13,15-16H,2-12,14H2,1H3,(H,27,28)(H,21,22,26). The molecule has 31 heavy (non-hydrogen) atoms. The van der Waals surface area contributed by atoms with E-state index in [1.807, 2.05) is 4.90 Å². The van der Waals surface area contributed by atoms with Crippen molar-refractivity contribution >= 4 is 44.7 Å². The fourth-order valence-corrected chi connectivity index (χ4v) is 5.91. The molecule has 174 valence electrons. The Morgan fingerprint density at radius 1 is 1.16 bits per heavy atom. The summed E-state index contributed by atoms with van der Waals surface area (Å²) in [5.74, 6) is -0.607.